The molecular weight excluding hydrogens is 148 g/mol. The molecule has 2 nitrogen and oxygen atoms in total. The van der Waals surface area contributed by atoms with E-state index in [4.69, 9.17) is 0 Å². The molecule has 1 heterocycles. The molecule has 70 valence electrons. The van der Waals surface area contributed by atoms with Crippen molar-refractivity contribution in [2.75, 3.05) is 19.6 Å². The summed E-state index contributed by atoms with van der Waals surface area (Å²) in [4.78, 5) is 2.57. The third kappa shape index (κ3) is 1.80. The molecule has 2 rings (SSSR count). The summed E-state index contributed by atoms with van der Waals surface area (Å²) in [5, 5.41) is 3.70. The quantitative estimate of drug-likeness (QED) is 0.663. The fourth-order valence-electron chi connectivity index (χ4n) is 2.25. The van der Waals surface area contributed by atoms with Gasteiger partial charge in [-0.3, -0.25) is 0 Å². The van der Waals surface area contributed by atoms with Crippen LogP contribution < -0.4 is 5.32 Å². The van der Waals surface area contributed by atoms with E-state index in [1.54, 1.807) is 0 Å². The second-order valence-corrected chi connectivity index (χ2v) is 4.36. The van der Waals surface area contributed by atoms with Crippen molar-refractivity contribution in [3.63, 3.8) is 0 Å². The lowest BCUT2D eigenvalue weighted by atomic mass is 10.1. The lowest BCUT2D eigenvalue weighted by Gasteiger charge is -2.37. The Morgan fingerprint density at radius 2 is 2.08 bits per heavy atom. The molecule has 0 unspecified atom stereocenters. The minimum atomic E-state index is 0.698. The highest BCUT2D eigenvalue weighted by Gasteiger charge is 2.35. The van der Waals surface area contributed by atoms with Gasteiger partial charge in [-0.05, 0) is 32.2 Å². The van der Waals surface area contributed by atoms with Crippen molar-refractivity contribution in [3.05, 3.63) is 0 Å². The molecule has 1 aliphatic heterocycles. The molecule has 0 spiro atoms. The SMILES string of the molecule is CCN1C[C@@H](C)N[C@H](C2CC2)C1. The summed E-state index contributed by atoms with van der Waals surface area (Å²) in [6.07, 6.45) is 2.92. The first-order valence-corrected chi connectivity index (χ1v) is 5.28. The molecule has 2 atom stereocenters. The maximum absolute atomic E-state index is 3.70. The van der Waals surface area contributed by atoms with Crippen LogP contribution in [0.1, 0.15) is 26.7 Å². The van der Waals surface area contributed by atoms with Crippen molar-refractivity contribution in [2.24, 2.45) is 5.92 Å². The molecule has 2 heteroatoms. The van der Waals surface area contributed by atoms with Gasteiger partial charge >= 0.3 is 0 Å². The number of nitrogens with zero attached hydrogens (tertiary/aromatic N) is 1. The van der Waals surface area contributed by atoms with Gasteiger partial charge in [0.2, 0.25) is 0 Å². The molecule has 1 aliphatic carbocycles. The van der Waals surface area contributed by atoms with Crippen LogP contribution in [-0.2, 0) is 0 Å². The second-order valence-electron chi connectivity index (χ2n) is 4.36. The molecule has 1 saturated carbocycles. The van der Waals surface area contributed by atoms with Gasteiger partial charge in [0, 0.05) is 25.2 Å². The smallest absolute Gasteiger partial charge is 0.0226 e. The van der Waals surface area contributed by atoms with E-state index in [2.05, 4.69) is 24.1 Å². The molecule has 1 saturated heterocycles. The maximum atomic E-state index is 3.70. The van der Waals surface area contributed by atoms with E-state index in [0.717, 1.165) is 12.0 Å². The fraction of sp³-hybridized carbons (Fsp3) is 1.00. The number of likely N-dealkylation sites (N-methyl/N-ethyl adjacent to an activating group) is 1. The Morgan fingerprint density at radius 3 is 2.67 bits per heavy atom. The van der Waals surface area contributed by atoms with Crippen LogP contribution in [0.25, 0.3) is 0 Å². The Labute approximate surface area is 75.3 Å². The van der Waals surface area contributed by atoms with Gasteiger partial charge in [-0.2, -0.15) is 0 Å². The van der Waals surface area contributed by atoms with Crippen molar-refractivity contribution >= 4 is 0 Å². The zero-order chi connectivity index (χ0) is 8.55. The Balaban J connectivity index is 1.88. The van der Waals surface area contributed by atoms with Crippen molar-refractivity contribution in [1.29, 1.82) is 0 Å². The van der Waals surface area contributed by atoms with Crippen LogP contribution in [0.2, 0.25) is 0 Å². The minimum Gasteiger partial charge on any atom is -0.309 e. The number of hydrogen-bond donors (Lipinski definition) is 1. The largest absolute Gasteiger partial charge is 0.309 e. The van der Waals surface area contributed by atoms with Crippen molar-refractivity contribution in [2.45, 2.75) is 38.8 Å². The van der Waals surface area contributed by atoms with E-state index in [0.29, 0.717) is 6.04 Å². The predicted octanol–water partition coefficient (Wildman–Crippen LogP) is 1.08. The summed E-state index contributed by atoms with van der Waals surface area (Å²) in [6, 6.07) is 1.50. The molecule has 2 fully saturated rings. The first-order chi connectivity index (χ1) is 5.79. The normalized spacial score (nSPS) is 38.5. The van der Waals surface area contributed by atoms with Crippen molar-refractivity contribution < 1.29 is 0 Å². The molecular formula is C10H20N2. The van der Waals surface area contributed by atoms with E-state index in [1.165, 1.54) is 32.5 Å². The fourth-order valence-corrected chi connectivity index (χ4v) is 2.25. The third-order valence-electron chi connectivity index (χ3n) is 3.12. The highest BCUT2D eigenvalue weighted by atomic mass is 15.2. The van der Waals surface area contributed by atoms with E-state index in [9.17, 15) is 0 Å². The zero-order valence-corrected chi connectivity index (χ0v) is 8.21. The topological polar surface area (TPSA) is 15.3 Å². The third-order valence-corrected chi connectivity index (χ3v) is 3.12. The summed E-state index contributed by atoms with van der Waals surface area (Å²) in [7, 11) is 0. The van der Waals surface area contributed by atoms with E-state index in [1.807, 2.05) is 0 Å². The summed E-state index contributed by atoms with van der Waals surface area (Å²) in [5.74, 6) is 1.00. The van der Waals surface area contributed by atoms with Crippen LogP contribution >= 0.6 is 0 Å². The lowest BCUT2D eigenvalue weighted by molar-refractivity contribution is 0.163. The molecule has 0 aromatic heterocycles. The summed E-state index contributed by atoms with van der Waals surface area (Å²) < 4.78 is 0. The van der Waals surface area contributed by atoms with Gasteiger partial charge in [0.1, 0.15) is 0 Å². The standard InChI is InChI=1S/C10H20N2/c1-3-12-6-8(2)11-10(7-12)9-4-5-9/h8-11H,3-7H2,1-2H3/t8-,10+/m1/s1. The van der Waals surface area contributed by atoms with E-state index in [-0.39, 0.29) is 0 Å². The average molecular weight is 168 g/mol. The monoisotopic (exact) mass is 168 g/mol. The number of nitrogens with one attached hydrogen (secondary N) is 1. The van der Waals surface area contributed by atoms with E-state index >= 15 is 0 Å². The Bertz CT molecular complexity index is 154. The Hall–Kier alpha value is -0.0800. The molecule has 2 aliphatic rings. The second kappa shape index (κ2) is 3.35. The molecule has 0 bridgehead atoms. The van der Waals surface area contributed by atoms with Crippen LogP contribution in [0, 0.1) is 5.92 Å². The summed E-state index contributed by atoms with van der Waals surface area (Å²) in [5.41, 5.74) is 0. The van der Waals surface area contributed by atoms with Gasteiger partial charge in [0.15, 0.2) is 0 Å². The molecule has 0 amide bonds. The zero-order valence-electron chi connectivity index (χ0n) is 8.21. The molecule has 1 N–H and O–H groups in total. The van der Waals surface area contributed by atoms with Crippen LogP contribution in [0.4, 0.5) is 0 Å². The Kier molecular flexibility index (Phi) is 2.37. The lowest BCUT2D eigenvalue weighted by Crippen LogP contribution is -2.56. The van der Waals surface area contributed by atoms with Gasteiger partial charge in [-0.1, -0.05) is 6.92 Å². The van der Waals surface area contributed by atoms with Gasteiger partial charge in [-0.15, -0.1) is 0 Å². The van der Waals surface area contributed by atoms with Gasteiger partial charge < -0.3 is 10.2 Å². The van der Waals surface area contributed by atoms with Gasteiger partial charge in [0.05, 0.1) is 0 Å². The number of rotatable bonds is 2. The molecule has 0 radical (unpaired) electrons. The summed E-state index contributed by atoms with van der Waals surface area (Å²) in [6.45, 7) is 8.31. The number of piperazine rings is 1. The molecule has 0 aromatic carbocycles. The minimum absolute atomic E-state index is 0.698. The van der Waals surface area contributed by atoms with Gasteiger partial charge in [-0.25, -0.2) is 0 Å². The molecule has 0 aromatic rings. The predicted molar refractivity (Wildman–Crippen MR) is 51.2 cm³/mol. The first-order valence-electron chi connectivity index (χ1n) is 5.28. The van der Waals surface area contributed by atoms with Crippen LogP contribution in [0.3, 0.4) is 0 Å². The van der Waals surface area contributed by atoms with Crippen LogP contribution in [0.5, 0.6) is 0 Å². The average Bonchev–Trinajstić information content (AvgIpc) is 2.85. The Morgan fingerprint density at radius 1 is 1.33 bits per heavy atom. The van der Waals surface area contributed by atoms with Crippen molar-refractivity contribution in [3.8, 4) is 0 Å². The highest BCUT2D eigenvalue weighted by Crippen LogP contribution is 2.34. The summed E-state index contributed by atoms with van der Waals surface area (Å²) >= 11 is 0. The maximum Gasteiger partial charge on any atom is 0.0226 e. The van der Waals surface area contributed by atoms with E-state index < -0.39 is 0 Å². The van der Waals surface area contributed by atoms with Crippen molar-refractivity contribution in [1.82, 2.24) is 10.2 Å². The van der Waals surface area contributed by atoms with Gasteiger partial charge in [0.25, 0.3) is 0 Å². The first kappa shape index (κ1) is 8.52. The highest BCUT2D eigenvalue weighted by molar-refractivity contribution is 4.93. The van der Waals surface area contributed by atoms with Crippen LogP contribution in [-0.4, -0.2) is 36.6 Å². The molecule has 12 heavy (non-hydrogen) atoms. The number of hydrogen-bond acceptors (Lipinski definition) is 2. The van der Waals surface area contributed by atoms with Crippen LogP contribution in [0.15, 0.2) is 0 Å².